The van der Waals surface area contributed by atoms with Crippen molar-refractivity contribution in [3.63, 3.8) is 0 Å². The summed E-state index contributed by atoms with van der Waals surface area (Å²) in [5.41, 5.74) is 4.60. The Morgan fingerprint density at radius 2 is 1.90 bits per heavy atom. The molecule has 3 heterocycles. The number of fused-ring (bicyclic) bond motifs is 1. The molecule has 0 N–H and O–H groups in total. The molecular weight excluding hydrogens is 391 g/mol. The maximum atomic E-state index is 5.92. The molecule has 4 rings (SSSR count). The molecule has 2 aromatic heterocycles. The highest BCUT2D eigenvalue weighted by molar-refractivity contribution is 7.46. The van der Waals surface area contributed by atoms with E-state index in [0.29, 0.717) is 21.1 Å². The highest BCUT2D eigenvalue weighted by Gasteiger charge is 2.26. The Bertz CT molecular complexity index is 962. The number of hydrogen-bond acceptors (Lipinski definition) is 4. The van der Waals surface area contributed by atoms with Crippen LogP contribution in [-0.4, -0.2) is 39.0 Å². The van der Waals surface area contributed by atoms with Crippen molar-refractivity contribution >= 4 is 19.5 Å². The van der Waals surface area contributed by atoms with Crippen molar-refractivity contribution in [1.29, 1.82) is 0 Å². The minimum atomic E-state index is 0.454. The van der Waals surface area contributed by atoms with Gasteiger partial charge in [-0.1, -0.05) is 52.8 Å². The first kappa shape index (κ1) is 22.3. The van der Waals surface area contributed by atoms with Gasteiger partial charge in [0.15, 0.2) is 5.88 Å². The van der Waals surface area contributed by atoms with Crippen LogP contribution in [0.1, 0.15) is 49.7 Å². The van der Waals surface area contributed by atoms with Gasteiger partial charge in [-0.2, -0.15) is 0 Å². The third-order valence-corrected chi connectivity index (χ3v) is 6.29. The van der Waals surface area contributed by atoms with Crippen LogP contribution in [-0.2, 0) is 11.3 Å². The molecule has 0 spiro atoms. The van der Waals surface area contributed by atoms with Gasteiger partial charge < -0.3 is 9.64 Å². The molecule has 1 aliphatic rings. The number of aryl methyl sites for hydroxylation is 1. The Kier molecular flexibility index (Phi) is 7.87. The smallest absolute Gasteiger partial charge is 0.182 e. The summed E-state index contributed by atoms with van der Waals surface area (Å²) in [5.74, 6) is 2.39. The molecule has 0 aliphatic carbocycles. The lowest BCUT2D eigenvalue weighted by atomic mass is 9.96. The fraction of sp³-hybridized carbons (Fsp3) is 0.417. The number of ether oxygens (including phenoxy) is 1. The molecule has 1 saturated heterocycles. The zero-order chi connectivity index (χ0) is 21.5. The van der Waals surface area contributed by atoms with Crippen molar-refractivity contribution in [2.75, 3.05) is 19.8 Å². The van der Waals surface area contributed by atoms with E-state index >= 15 is 0 Å². The molecule has 1 aromatic carbocycles. The zero-order valence-electron chi connectivity index (χ0n) is 18.6. The molecule has 0 saturated carbocycles. The average Bonchev–Trinajstić information content (AvgIpc) is 3.16. The van der Waals surface area contributed by atoms with Crippen LogP contribution in [0, 0.1) is 6.92 Å². The Balaban J connectivity index is 0.00000124. The highest BCUT2D eigenvalue weighted by atomic mass is 31.1. The lowest BCUT2D eigenvalue weighted by molar-refractivity contribution is 0.0872. The van der Waals surface area contributed by atoms with Crippen LogP contribution in [0.3, 0.4) is 0 Å². The second-order valence-electron chi connectivity index (χ2n) is 7.23. The fourth-order valence-electron chi connectivity index (χ4n) is 3.93. The summed E-state index contributed by atoms with van der Waals surface area (Å²) in [5, 5.41) is 0. The molecule has 3 aromatic rings. The molecule has 5 nitrogen and oxygen atoms in total. The summed E-state index contributed by atoms with van der Waals surface area (Å²) >= 11 is 0. The Labute approximate surface area is 182 Å². The molecule has 1 fully saturated rings. The van der Waals surface area contributed by atoms with Crippen LogP contribution in [0.15, 0.2) is 55.2 Å². The lowest BCUT2D eigenvalue weighted by Crippen LogP contribution is -2.33. The summed E-state index contributed by atoms with van der Waals surface area (Å²) in [7, 11) is 0.675. The van der Waals surface area contributed by atoms with E-state index in [2.05, 4.69) is 52.8 Å². The van der Waals surface area contributed by atoms with E-state index in [0.717, 1.165) is 42.9 Å². The van der Waals surface area contributed by atoms with Crippen LogP contribution < -0.4 is 5.44 Å². The van der Waals surface area contributed by atoms with E-state index < -0.39 is 0 Å². The molecule has 1 unspecified atom stereocenters. The van der Waals surface area contributed by atoms with Crippen LogP contribution >= 0.6 is 8.58 Å². The maximum absolute atomic E-state index is 5.92. The topological polar surface area (TPSA) is 42.7 Å². The summed E-state index contributed by atoms with van der Waals surface area (Å²) in [6.07, 6.45) is 6.07. The van der Waals surface area contributed by atoms with Crippen molar-refractivity contribution in [1.82, 2.24) is 19.3 Å². The number of likely N-dealkylation sites (tertiary alicyclic amines) is 1. The number of aromatic nitrogens is 3. The molecule has 1 atom stereocenters. The molecule has 30 heavy (non-hydrogen) atoms. The minimum absolute atomic E-state index is 0.454. The predicted molar refractivity (Wildman–Crippen MR) is 127 cm³/mol. The third kappa shape index (κ3) is 4.84. The zero-order valence-corrected chi connectivity index (χ0v) is 19.6. The quantitative estimate of drug-likeness (QED) is 0.418. The van der Waals surface area contributed by atoms with Crippen LogP contribution in [0.5, 0.6) is 0 Å². The summed E-state index contributed by atoms with van der Waals surface area (Å²) in [4.78, 5) is 11.7. The maximum Gasteiger partial charge on any atom is 0.182 e. The number of nitrogens with zero attached hydrogens (tertiary/aromatic N) is 4. The standard InChI is InChI=1S/C22H27N4OP.C2H6/c1-16-20-22(28-3)23-11-14-26(20)21(24-16)19-9-12-25(13-10-19)17(2)27-15-18-7-5-4-6-8-18;1-2/h4-8,11,14,19,28H,2,9-10,12-13,15H2,1,3H3;1-2H3. The minimum Gasteiger partial charge on any atom is -0.475 e. The van der Waals surface area contributed by atoms with Crippen molar-refractivity contribution in [3.05, 3.63) is 72.3 Å². The number of hydrogen-bond donors (Lipinski definition) is 0. The van der Waals surface area contributed by atoms with Crippen LogP contribution in [0.2, 0.25) is 0 Å². The highest BCUT2D eigenvalue weighted by Crippen LogP contribution is 2.30. The molecule has 160 valence electrons. The molecule has 6 heteroatoms. The second kappa shape index (κ2) is 10.6. The second-order valence-corrected chi connectivity index (χ2v) is 8.20. The predicted octanol–water partition coefficient (Wildman–Crippen LogP) is 4.86. The third-order valence-electron chi connectivity index (χ3n) is 5.45. The summed E-state index contributed by atoms with van der Waals surface area (Å²) < 4.78 is 8.18. The lowest BCUT2D eigenvalue weighted by Gasteiger charge is -2.33. The molecule has 0 amide bonds. The first-order valence-electron chi connectivity index (χ1n) is 10.8. The number of rotatable bonds is 6. The number of piperidine rings is 1. The molecular formula is C24H33N4OP. The molecule has 0 bridgehead atoms. The van der Waals surface area contributed by atoms with Gasteiger partial charge in [-0.25, -0.2) is 4.98 Å². The van der Waals surface area contributed by atoms with Gasteiger partial charge in [0.1, 0.15) is 12.4 Å². The number of imidazole rings is 1. The van der Waals surface area contributed by atoms with Gasteiger partial charge in [-0.3, -0.25) is 9.38 Å². The van der Waals surface area contributed by atoms with Gasteiger partial charge in [-0.15, -0.1) is 0 Å². The first-order valence-corrected chi connectivity index (χ1v) is 12.3. The summed E-state index contributed by atoms with van der Waals surface area (Å²) in [6.45, 7) is 14.9. The van der Waals surface area contributed by atoms with Crippen molar-refractivity contribution in [2.45, 2.75) is 46.1 Å². The van der Waals surface area contributed by atoms with Crippen molar-refractivity contribution < 1.29 is 4.74 Å². The number of benzene rings is 1. The van der Waals surface area contributed by atoms with Crippen molar-refractivity contribution in [2.24, 2.45) is 0 Å². The van der Waals surface area contributed by atoms with E-state index in [-0.39, 0.29) is 0 Å². The molecule has 1 aliphatic heterocycles. The average molecular weight is 425 g/mol. The SMILES string of the molecule is C=C(OCc1ccccc1)N1CCC(c2nc(C)c3c(PC)nccn23)CC1.CC. The van der Waals surface area contributed by atoms with Gasteiger partial charge in [-0.05, 0) is 38.6 Å². The van der Waals surface area contributed by atoms with Gasteiger partial charge in [0.25, 0.3) is 0 Å². The Morgan fingerprint density at radius 3 is 2.57 bits per heavy atom. The van der Waals surface area contributed by atoms with E-state index in [1.165, 1.54) is 16.9 Å². The largest absolute Gasteiger partial charge is 0.475 e. The van der Waals surface area contributed by atoms with Gasteiger partial charge in [0.2, 0.25) is 0 Å². The first-order chi connectivity index (χ1) is 14.7. The van der Waals surface area contributed by atoms with Gasteiger partial charge >= 0.3 is 0 Å². The van der Waals surface area contributed by atoms with E-state index in [4.69, 9.17) is 9.72 Å². The fourth-order valence-corrected chi connectivity index (χ4v) is 4.67. The monoisotopic (exact) mass is 424 g/mol. The van der Waals surface area contributed by atoms with Gasteiger partial charge in [0.05, 0.1) is 16.6 Å². The van der Waals surface area contributed by atoms with E-state index in [9.17, 15) is 0 Å². The van der Waals surface area contributed by atoms with Crippen LogP contribution in [0.25, 0.3) is 5.52 Å². The Morgan fingerprint density at radius 1 is 1.20 bits per heavy atom. The van der Waals surface area contributed by atoms with Crippen LogP contribution in [0.4, 0.5) is 0 Å². The molecule has 0 radical (unpaired) electrons. The van der Waals surface area contributed by atoms with Gasteiger partial charge in [0, 0.05) is 31.4 Å². The van der Waals surface area contributed by atoms with E-state index in [1.807, 2.05) is 38.2 Å². The van der Waals surface area contributed by atoms with E-state index in [1.54, 1.807) is 0 Å². The Hall–Kier alpha value is -2.39. The van der Waals surface area contributed by atoms with Crippen molar-refractivity contribution in [3.8, 4) is 0 Å². The summed E-state index contributed by atoms with van der Waals surface area (Å²) in [6, 6.07) is 10.2. The normalized spacial score (nSPS) is 14.7.